The number of anilines is 1. The molecule has 2 saturated heterocycles. The number of hydrogen-bond acceptors (Lipinski definition) is 3. The van der Waals surface area contributed by atoms with Crippen molar-refractivity contribution < 1.29 is 4.74 Å². The van der Waals surface area contributed by atoms with Crippen molar-refractivity contribution in [3.63, 3.8) is 0 Å². The van der Waals surface area contributed by atoms with E-state index in [9.17, 15) is 0 Å². The maximum Gasteiger partial charge on any atom is 0.0475 e. The van der Waals surface area contributed by atoms with Crippen LogP contribution in [-0.2, 0) is 10.2 Å². The molecule has 3 heteroatoms. The van der Waals surface area contributed by atoms with Gasteiger partial charge in [-0.15, -0.1) is 0 Å². The number of likely N-dealkylation sites (tertiary alicyclic amines) is 1. The van der Waals surface area contributed by atoms with Crippen molar-refractivity contribution in [1.29, 1.82) is 0 Å². The van der Waals surface area contributed by atoms with Gasteiger partial charge in [-0.3, -0.25) is 0 Å². The molecule has 3 nitrogen and oxygen atoms in total. The zero-order valence-corrected chi connectivity index (χ0v) is 17.2. The van der Waals surface area contributed by atoms with Crippen molar-refractivity contribution in [2.75, 3.05) is 38.6 Å². The lowest BCUT2D eigenvalue weighted by atomic mass is 9.72. The molecule has 0 bridgehead atoms. The summed E-state index contributed by atoms with van der Waals surface area (Å²) in [6.07, 6.45) is 10.9. The SMILES string of the molecule is CC1(C)CC=C(c2cc(C3(CN4CCCC4)CCOCC3)ccc2N)CC1. The normalized spacial score (nSPS) is 25.3. The number of nitrogens with zero attached hydrogens (tertiary/aromatic N) is 1. The van der Waals surface area contributed by atoms with Gasteiger partial charge in [-0.1, -0.05) is 26.0 Å². The van der Waals surface area contributed by atoms with Gasteiger partial charge in [-0.25, -0.2) is 0 Å². The van der Waals surface area contributed by atoms with Crippen LogP contribution < -0.4 is 5.73 Å². The zero-order valence-electron chi connectivity index (χ0n) is 17.2. The summed E-state index contributed by atoms with van der Waals surface area (Å²) in [4.78, 5) is 2.67. The Bertz CT molecular complexity index is 694. The van der Waals surface area contributed by atoms with Crippen molar-refractivity contribution in [3.8, 4) is 0 Å². The summed E-state index contributed by atoms with van der Waals surface area (Å²) in [6, 6.07) is 6.89. The van der Waals surface area contributed by atoms with E-state index < -0.39 is 0 Å². The van der Waals surface area contributed by atoms with E-state index in [1.165, 1.54) is 55.6 Å². The first kappa shape index (κ1) is 19.0. The molecule has 0 unspecified atom stereocenters. The Balaban J connectivity index is 1.66. The van der Waals surface area contributed by atoms with Crippen LogP contribution in [0.2, 0.25) is 0 Å². The van der Waals surface area contributed by atoms with Gasteiger partial charge in [0.25, 0.3) is 0 Å². The quantitative estimate of drug-likeness (QED) is 0.760. The molecule has 2 N–H and O–H groups in total. The third kappa shape index (κ3) is 4.09. The molecule has 0 aromatic heterocycles. The van der Waals surface area contributed by atoms with Gasteiger partial charge >= 0.3 is 0 Å². The standard InChI is InChI=1S/C24H36N2O/c1-23(2)9-7-19(8-10-23)21-17-20(5-6-22(21)25)24(11-15-27-16-12-24)18-26-13-3-4-14-26/h5-7,17H,3-4,8-16,18,25H2,1-2H3. The first-order valence-electron chi connectivity index (χ1n) is 10.9. The molecule has 4 rings (SSSR count). The fraction of sp³-hybridized carbons (Fsp3) is 0.667. The van der Waals surface area contributed by atoms with E-state index in [0.29, 0.717) is 5.41 Å². The first-order chi connectivity index (χ1) is 13.0. The summed E-state index contributed by atoms with van der Waals surface area (Å²) in [5, 5.41) is 0. The molecule has 0 spiro atoms. The molecule has 2 aliphatic heterocycles. The van der Waals surface area contributed by atoms with Gasteiger partial charge in [-0.05, 0) is 86.7 Å². The molecule has 0 atom stereocenters. The van der Waals surface area contributed by atoms with Gasteiger partial charge in [0.1, 0.15) is 0 Å². The van der Waals surface area contributed by atoms with E-state index >= 15 is 0 Å². The molecule has 1 aliphatic carbocycles. The highest BCUT2D eigenvalue weighted by Crippen LogP contribution is 2.42. The minimum Gasteiger partial charge on any atom is -0.398 e. The molecule has 3 aliphatic rings. The second-order valence-electron chi connectivity index (χ2n) is 9.78. The molecule has 1 aromatic carbocycles. The lowest BCUT2D eigenvalue weighted by Gasteiger charge is -2.41. The third-order valence-electron chi connectivity index (χ3n) is 7.16. The third-order valence-corrected chi connectivity index (χ3v) is 7.16. The summed E-state index contributed by atoms with van der Waals surface area (Å²) < 4.78 is 5.75. The second kappa shape index (κ2) is 7.60. The van der Waals surface area contributed by atoms with Crippen LogP contribution in [0.15, 0.2) is 24.3 Å². The number of nitrogen functional groups attached to an aromatic ring is 1. The van der Waals surface area contributed by atoms with E-state index in [1.54, 1.807) is 0 Å². The Morgan fingerprint density at radius 1 is 1.07 bits per heavy atom. The van der Waals surface area contributed by atoms with Crippen LogP contribution in [0.1, 0.15) is 69.9 Å². The number of ether oxygens (including phenoxy) is 1. The highest BCUT2D eigenvalue weighted by molar-refractivity contribution is 5.76. The number of benzene rings is 1. The predicted molar refractivity (Wildman–Crippen MR) is 114 cm³/mol. The largest absolute Gasteiger partial charge is 0.398 e. The molecule has 0 amide bonds. The molecule has 1 aromatic rings. The number of nitrogens with two attached hydrogens (primary N) is 1. The zero-order chi connectivity index (χ0) is 18.9. The van der Waals surface area contributed by atoms with Crippen molar-refractivity contribution in [3.05, 3.63) is 35.4 Å². The Hall–Kier alpha value is -1.32. The van der Waals surface area contributed by atoms with Crippen molar-refractivity contribution in [2.45, 2.75) is 64.2 Å². The summed E-state index contributed by atoms with van der Waals surface area (Å²) in [5.41, 5.74) is 12.3. The first-order valence-corrected chi connectivity index (χ1v) is 10.9. The van der Waals surface area contributed by atoms with Crippen molar-refractivity contribution >= 4 is 11.3 Å². The fourth-order valence-electron chi connectivity index (χ4n) is 5.15. The highest BCUT2D eigenvalue weighted by atomic mass is 16.5. The Morgan fingerprint density at radius 3 is 2.48 bits per heavy atom. The van der Waals surface area contributed by atoms with Crippen LogP contribution >= 0.6 is 0 Å². The van der Waals surface area contributed by atoms with E-state index in [0.717, 1.165) is 44.6 Å². The van der Waals surface area contributed by atoms with Crippen LogP contribution in [0.4, 0.5) is 5.69 Å². The lowest BCUT2D eigenvalue weighted by molar-refractivity contribution is 0.0370. The second-order valence-corrected chi connectivity index (χ2v) is 9.78. The maximum atomic E-state index is 6.45. The Kier molecular flexibility index (Phi) is 5.35. The van der Waals surface area contributed by atoms with Crippen LogP contribution in [0.5, 0.6) is 0 Å². The van der Waals surface area contributed by atoms with E-state index in [2.05, 4.69) is 43.0 Å². The van der Waals surface area contributed by atoms with Crippen molar-refractivity contribution in [1.82, 2.24) is 4.90 Å². The number of hydrogen-bond donors (Lipinski definition) is 1. The molecule has 0 radical (unpaired) electrons. The van der Waals surface area contributed by atoms with Crippen LogP contribution in [0.25, 0.3) is 5.57 Å². The maximum absolute atomic E-state index is 6.45. The Morgan fingerprint density at radius 2 is 1.81 bits per heavy atom. The number of rotatable bonds is 4. The van der Waals surface area contributed by atoms with Crippen molar-refractivity contribution in [2.24, 2.45) is 5.41 Å². The van der Waals surface area contributed by atoms with Gasteiger partial charge in [0.05, 0.1) is 0 Å². The average Bonchev–Trinajstić information content (AvgIpc) is 3.16. The summed E-state index contributed by atoms with van der Waals surface area (Å²) in [6.45, 7) is 10.2. The number of allylic oxidation sites excluding steroid dienone is 2. The van der Waals surface area contributed by atoms with E-state index in [1.807, 2.05) is 0 Å². The molecule has 2 heterocycles. The molecule has 0 saturated carbocycles. The van der Waals surface area contributed by atoms with Gasteiger partial charge in [0.15, 0.2) is 0 Å². The predicted octanol–water partition coefficient (Wildman–Crippen LogP) is 5.01. The topological polar surface area (TPSA) is 38.5 Å². The Labute approximate surface area is 165 Å². The van der Waals surface area contributed by atoms with Crippen LogP contribution in [0, 0.1) is 5.41 Å². The van der Waals surface area contributed by atoms with Gasteiger partial charge in [0.2, 0.25) is 0 Å². The molecule has 2 fully saturated rings. The molecular formula is C24H36N2O. The molecule has 27 heavy (non-hydrogen) atoms. The summed E-state index contributed by atoms with van der Waals surface area (Å²) in [5.74, 6) is 0. The van der Waals surface area contributed by atoms with Gasteiger partial charge in [-0.2, -0.15) is 0 Å². The van der Waals surface area contributed by atoms with E-state index in [-0.39, 0.29) is 5.41 Å². The minimum atomic E-state index is 0.222. The average molecular weight is 369 g/mol. The fourth-order valence-corrected chi connectivity index (χ4v) is 5.15. The minimum absolute atomic E-state index is 0.222. The van der Waals surface area contributed by atoms with Crippen LogP contribution in [0.3, 0.4) is 0 Å². The smallest absolute Gasteiger partial charge is 0.0475 e. The summed E-state index contributed by atoms with van der Waals surface area (Å²) in [7, 11) is 0. The van der Waals surface area contributed by atoms with E-state index in [4.69, 9.17) is 10.5 Å². The van der Waals surface area contributed by atoms with Gasteiger partial charge < -0.3 is 15.4 Å². The molecular weight excluding hydrogens is 332 g/mol. The summed E-state index contributed by atoms with van der Waals surface area (Å²) >= 11 is 0. The van der Waals surface area contributed by atoms with Crippen LogP contribution in [-0.4, -0.2) is 37.7 Å². The molecule has 148 valence electrons. The lowest BCUT2D eigenvalue weighted by Crippen LogP contribution is -2.44. The van der Waals surface area contributed by atoms with Gasteiger partial charge in [0, 0.05) is 36.4 Å². The highest BCUT2D eigenvalue weighted by Gasteiger charge is 2.37. The monoisotopic (exact) mass is 368 g/mol.